The molecule has 2 aliphatic rings. The molecule has 0 radical (unpaired) electrons. The molecule has 2 unspecified atom stereocenters. The van der Waals surface area contributed by atoms with Crippen molar-refractivity contribution in [3.05, 3.63) is 83.2 Å². The van der Waals surface area contributed by atoms with Gasteiger partial charge in [0.2, 0.25) is 0 Å². The number of ether oxygens (including phenoxy) is 2. The summed E-state index contributed by atoms with van der Waals surface area (Å²) in [7, 11) is 1.35. The highest BCUT2D eigenvalue weighted by atomic mass is 32.2. The zero-order valence-corrected chi connectivity index (χ0v) is 18.0. The average Bonchev–Trinajstić information content (AvgIpc) is 3.21. The first kappa shape index (κ1) is 20.8. The number of rotatable bonds is 4. The van der Waals surface area contributed by atoms with Crippen molar-refractivity contribution in [1.82, 2.24) is 4.98 Å². The molecule has 0 saturated heterocycles. The van der Waals surface area contributed by atoms with E-state index < -0.39 is 12.4 Å². The van der Waals surface area contributed by atoms with Gasteiger partial charge in [-0.05, 0) is 30.3 Å². The van der Waals surface area contributed by atoms with Crippen molar-refractivity contribution in [2.45, 2.75) is 29.2 Å². The molecule has 0 amide bonds. The normalized spacial score (nSPS) is 19.3. The zero-order valence-electron chi connectivity index (χ0n) is 17.2. The van der Waals surface area contributed by atoms with Crippen molar-refractivity contribution < 1.29 is 23.0 Å². The van der Waals surface area contributed by atoms with Crippen molar-refractivity contribution in [2.24, 2.45) is 0 Å². The van der Waals surface area contributed by atoms with Crippen molar-refractivity contribution in [1.29, 1.82) is 0 Å². The summed E-state index contributed by atoms with van der Waals surface area (Å²) >= 11 is 1.52. The number of alkyl halides is 2. The van der Waals surface area contributed by atoms with E-state index in [1.54, 1.807) is 18.3 Å². The summed E-state index contributed by atoms with van der Waals surface area (Å²) in [5.74, 6) is 0.410. The summed E-state index contributed by atoms with van der Waals surface area (Å²) < 4.78 is 37.5. The van der Waals surface area contributed by atoms with Gasteiger partial charge in [0, 0.05) is 40.4 Å². The first-order valence-electron chi connectivity index (χ1n) is 10.2. The lowest BCUT2D eigenvalue weighted by atomic mass is 9.97. The van der Waals surface area contributed by atoms with Crippen molar-refractivity contribution in [3.8, 4) is 5.75 Å². The average molecular weight is 454 g/mol. The van der Waals surface area contributed by atoms with Gasteiger partial charge in [0.15, 0.2) is 0 Å². The van der Waals surface area contributed by atoms with Crippen LogP contribution in [-0.2, 0) is 4.74 Å². The number of para-hydroxylation sites is 1. The van der Waals surface area contributed by atoms with Crippen molar-refractivity contribution in [3.63, 3.8) is 0 Å². The highest BCUT2D eigenvalue weighted by molar-refractivity contribution is 8.00. The van der Waals surface area contributed by atoms with E-state index in [-0.39, 0.29) is 17.0 Å². The smallest absolute Gasteiger partial charge is 0.337 e. The number of pyridine rings is 1. The number of fused-ring (bicyclic) bond motifs is 2. The monoisotopic (exact) mass is 454 g/mol. The Balaban J connectivity index is 1.63. The van der Waals surface area contributed by atoms with E-state index >= 15 is 0 Å². The number of anilines is 1. The first-order chi connectivity index (χ1) is 15.6. The Kier molecular flexibility index (Phi) is 5.46. The van der Waals surface area contributed by atoms with Gasteiger partial charge in [-0.25, -0.2) is 13.6 Å². The van der Waals surface area contributed by atoms with E-state index in [2.05, 4.69) is 9.88 Å². The molecule has 0 fully saturated rings. The number of methoxy groups -OCH3 is 1. The largest absolute Gasteiger partial charge is 0.493 e. The van der Waals surface area contributed by atoms with Crippen LogP contribution >= 0.6 is 11.8 Å². The Hall–Kier alpha value is -3.13. The van der Waals surface area contributed by atoms with Crippen molar-refractivity contribution >= 4 is 23.4 Å². The topological polar surface area (TPSA) is 51.7 Å². The number of esters is 1. The van der Waals surface area contributed by atoms with Gasteiger partial charge in [-0.3, -0.25) is 4.98 Å². The molecule has 0 saturated carbocycles. The molecule has 2 aromatic carbocycles. The van der Waals surface area contributed by atoms with E-state index in [0.717, 1.165) is 28.3 Å². The molecule has 1 aromatic heterocycles. The van der Waals surface area contributed by atoms with Gasteiger partial charge in [-0.1, -0.05) is 30.0 Å². The molecule has 2 aliphatic heterocycles. The molecule has 164 valence electrons. The predicted molar refractivity (Wildman–Crippen MR) is 117 cm³/mol. The lowest BCUT2D eigenvalue weighted by molar-refractivity contribution is 0.0600. The molecular formula is C24H20F2N2O3S. The van der Waals surface area contributed by atoms with Crippen molar-refractivity contribution in [2.75, 3.05) is 18.6 Å². The zero-order chi connectivity index (χ0) is 22.2. The molecule has 5 nitrogen and oxygen atoms in total. The maximum atomic E-state index is 13.4. The van der Waals surface area contributed by atoms with Crippen LogP contribution in [0.3, 0.4) is 0 Å². The number of carbonyl (C=O) groups is 1. The molecule has 3 heterocycles. The SMILES string of the molecule is COC(=O)c1ccc2c(c1)SC(c1cncc(C(F)F)c1)N2C1CCOc2ccccc21. The van der Waals surface area contributed by atoms with Crippen LogP contribution in [0, 0.1) is 0 Å². The van der Waals surface area contributed by atoms with Crippen LogP contribution in [-0.4, -0.2) is 24.7 Å². The van der Waals surface area contributed by atoms with E-state index in [1.807, 2.05) is 30.3 Å². The first-order valence-corrected chi connectivity index (χ1v) is 11.1. The molecule has 0 N–H and O–H groups in total. The standard InChI is InChI=1S/C24H20F2N2O3S/c1-30-24(29)14-6-7-19-21(11-14)32-23(16-10-15(22(25)26)12-27-13-16)28(19)18-8-9-31-20-5-3-2-4-17(18)20/h2-7,10-13,18,22-23H,8-9H2,1H3. The minimum Gasteiger partial charge on any atom is -0.493 e. The predicted octanol–water partition coefficient (Wildman–Crippen LogP) is 5.94. The van der Waals surface area contributed by atoms with Crippen LogP contribution in [0.25, 0.3) is 0 Å². The Bertz CT molecular complexity index is 1170. The Morgan fingerprint density at radius 2 is 2.06 bits per heavy atom. The van der Waals surface area contributed by atoms with E-state index in [0.29, 0.717) is 17.7 Å². The number of hydrogen-bond acceptors (Lipinski definition) is 6. The van der Waals surface area contributed by atoms with Crippen LogP contribution in [0.5, 0.6) is 5.75 Å². The third kappa shape index (κ3) is 3.58. The lowest BCUT2D eigenvalue weighted by Crippen LogP contribution is -2.32. The second-order valence-corrected chi connectivity index (χ2v) is 8.72. The molecule has 32 heavy (non-hydrogen) atoms. The Labute approximate surface area is 188 Å². The number of benzene rings is 2. The van der Waals surface area contributed by atoms with Crippen LogP contribution in [0.1, 0.15) is 51.3 Å². The van der Waals surface area contributed by atoms with Gasteiger partial charge in [0.1, 0.15) is 11.1 Å². The molecular weight excluding hydrogens is 434 g/mol. The summed E-state index contributed by atoms with van der Waals surface area (Å²) in [5, 5.41) is -0.278. The third-order valence-corrected chi connectivity index (χ3v) is 7.03. The third-order valence-electron chi connectivity index (χ3n) is 5.73. The lowest BCUT2D eigenvalue weighted by Gasteiger charge is -2.38. The summed E-state index contributed by atoms with van der Waals surface area (Å²) in [6.07, 6.45) is 0.979. The Morgan fingerprint density at radius 3 is 2.88 bits per heavy atom. The van der Waals surface area contributed by atoms with Crippen LogP contribution < -0.4 is 9.64 Å². The van der Waals surface area contributed by atoms with Gasteiger partial charge >= 0.3 is 5.97 Å². The number of nitrogens with zero attached hydrogens (tertiary/aromatic N) is 2. The molecule has 2 atom stereocenters. The fourth-order valence-corrected chi connectivity index (χ4v) is 5.64. The summed E-state index contributed by atoms with van der Waals surface area (Å²) in [5.41, 5.74) is 3.02. The van der Waals surface area contributed by atoms with E-state index in [4.69, 9.17) is 9.47 Å². The summed E-state index contributed by atoms with van der Waals surface area (Å²) in [4.78, 5) is 19.3. The number of carbonyl (C=O) groups excluding carboxylic acids is 1. The Morgan fingerprint density at radius 1 is 1.22 bits per heavy atom. The fraction of sp³-hybridized carbons (Fsp3) is 0.250. The number of hydrogen-bond donors (Lipinski definition) is 0. The van der Waals surface area contributed by atoms with Crippen LogP contribution in [0.15, 0.2) is 65.8 Å². The number of halogens is 2. The van der Waals surface area contributed by atoms with Crippen LogP contribution in [0.2, 0.25) is 0 Å². The summed E-state index contributed by atoms with van der Waals surface area (Å²) in [6, 6.07) is 14.8. The molecule has 0 aliphatic carbocycles. The fourth-order valence-electron chi connectivity index (χ4n) is 4.27. The summed E-state index contributed by atoms with van der Waals surface area (Å²) in [6.45, 7) is 0.556. The quantitative estimate of drug-likeness (QED) is 0.455. The minimum absolute atomic E-state index is 0.0158. The molecule has 8 heteroatoms. The van der Waals surface area contributed by atoms with E-state index in [9.17, 15) is 13.6 Å². The van der Waals surface area contributed by atoms with Crippen LogP contribution in [0.4, 0.5) is 14.5 Å². The molecule has 0 spiro atoms. The maximum absolute atomic E-state index is 13.4. The van der Waals surface area contributed by atoms with E-state index in [1.165, 1.54) is 31.1 Å². The maximum Gasteiger partial charge on any atom is 0.337 e. The number of aromatic nitrogens is 1. The van der Waals surface area contributed by atoms with Gasteiger partial charge in [-0.15, -0.1) is 0 Å². The van der Waals surface area contributed by atoms with Gasteiger partial charge in [0.25, 0.3) is 6.43 Å². The second-order valence-electron chi connectivity index (χ2n) is 7.59. The highest BCUT2D eigenvalue weighted by Crippen LogP contribution is 2.56. The molecule has 5 rings (SSSR count). The van der Waals surface area contributed by atoms with Gasteiger partial charge < -0.3 is 14.4 Å². The van der Waals surface area contributed by atoms with Gasteiger partial charge in [-0.2, -0.15) is 0 Å². The molecule has 3 aromatic rings. The minimum atomic E-state index is -2.60. The highest BCUT2D eigenvalue weighted by Gasteiger charge is 2.39. The molecule has 0 bridgehead atoms. The second kappa shape index (κ2) is 8.43. The van der Waals surface area contributed by atoms with Gasteiger partial charge in [0.05, 0.1) is 31.0 Å². The number of thioether (sulfide) groups is 1.